The molecular formula is C17H18N4OS. The number of rotatable bonds is 6. The topological polar surface area (TPSA) is 59.8 Å². The average molecular weight is 326 g/mol. The van der Waals surface area contributed by atoms with Gasteiger partial charge in [-0.2, -0.15) is 0 Å². The van der Waals surface area contributed by atoms with Gasteiger partial charge in [-0.1, -0.05) is 37.3 Å². The van der Waals surface area contributed by atoms with Crippen LogP contribution in [0.5, 0.6) is 0 Å². The summed E-state index contributed by atoms with van der Waals surface area (Å²) in [7, 11) is 0. The minimum Gasteiger partial charge on any atom is -0.350 e. The van der Waals surface area contributed by atoms with Crippen molar-refractivity contribution in [3.63, 3.8) is 0 Å². The molecule has 1 aromatic carbocycles. The van der Waals surface area contributed by atoms with Gasteiger partial charge in [0.25, 0.3) is 0 Å². The van der Waals surface area contributed by atoms with Crippen molar-refractivity contribution in [2.45, 2.75) is 26.4 Å². The van der Waals surface area contributed by atoms with Crippen molar-refractivity contribution < 1.29 is 4.79 Å². The van der Waals surface area contributed by atoms with Crippen LogP contribution in [0.1, 0.15) is 18.2 Å². The molecule has 0 radical (unpaired) electrons. The molecule has 0 saturated carbocycles. The number of imidazole rings is 1. The number of aromatic nitrogens is 3. The molecule has 23 heavy (non-hydrogen) atoms. The summed E-state index contributed by atoms with van der Waals surface area (Å²) >= 11 is 1.58. The highest BCUT2D eigenvalue weighted by molar-refractivity contribution is 7.13. The van der Waals surface area contributed by atoms with Gasteiger partial charge in [0.1, 0.15) is 17.2 Å². The third-order valence-corrected chi connectivity index (χ3v) is 4.34. The van der Waals surface area contributed by atoms with E-state index >= 15 is 0 Å². The molecule has 0 aliphatic heterocycles. The summed E-state index contributed by atoms with van der Waals surface area (Å²) < 4.78 is 1.78. The number of hydrogen-bond donors (Lipinski definition) is 1. The Morgan fingerprint density at radius 2 is 2.13 bits per heavy atom. The normalized spacial score (nSPS) is 10.7. The summed E-state index contributed by atoms with van der Waals surface area (Å²) in [6.45, 7) is 2.87. The van der Waals surface area contributed by atoms with Gasteiger partial charge >= 0.3 is 0 Å². The summed E-state index contributed by atoms with van der Waals surface area (Å²) in [6.07, 6.45) is 4.45. The molecule has 0 atom stereocenters. The van der Waals surface area contributed by atoms with Gasteiger partial charge < -0.3 is 9.88 Å². The van der Waals surface area contributed by atoms with Crippen molar-refractivity contribution in [1.82, 2.24) is 19.9 Å². The van der Waals surface area contributed by atoms with E-state index < -0.39 is 0 Å². The lowest BCUT2D eigenvalue weighted by atomic mass is 10.2. The van der Waals surface area contributed by atoms with E-state index in [4.69, 9.17) is 0 Å². The molecule has 2 aromatic heterocycles. The predicted octanol–water partition coefficient (Wildman–Crippen LogP) is 2.89. The van der Waals surface area contributed by atoms with Crippen molar-refractivity contribution in [1.29, 1.82) is 0 Å². The van der Waals surface area contributed by atoms with Gasteiger partial charge in [-0.15, -0.1) is 11.3 Å². The minimum absolute atomic E-state index is 0.0359. The predicted molar refractivity (Wildman–Crippen MR) is 91.0 cm³/mol. The largest absolute Gasteiger partial charge is 0.350 e. The van der Waals surface area contributed by atoms with Crippen LogP contribution in [0.15, 0.2) is 48.2 Å². The molecule has 0 fully saturated rings. The Kier molecular flexibility index (Phi) is 4.83. The highest BCUT2D eigenvalue weighted by Crippen LogP contribution is 2.21. The molecule has 6 heteroatoms. The Morgan fingerprint density at radius 1 is 1.30 bits per heavy atom. The number of hydrogen-bond acceptors (Lipinski definition) is 4. The molecule has 5 nitrogen and oxygen atoms in total. The summed E-state index contributed by atoms with van der Waals surface area (Å²) in [5, 5.41) is 5.85. The van der Waals surface area contributed by atoms with Gasteiger partial charge in [0.15, 0.2) is 0 Å². The lowest BCUT2D eigenvalue weighted by molar-refractivity contribution is -0.121. The second kappa shape index (κ2) is 7.19. The lowest BCUT2D eigenvalue weighted by Crippen LogP contribution is -2.26. The monoisotopic (exact) mass is 326 g/mol. The van der Waals surface area contributed by atoms with E-state index in [0.29, 0.717) is 6.54 Å². The molecule has 2 heterocycles. The molecule has 3 rings (SSSR count). The molecular weight excluding hydrogens is 308 g/mol. The van der Waals surface area contributed by atoms with E-state index in [-0.39, 0.29) is 12.5 Å². The number of benzene rings is 1. The highest BCUT2D eigenvalue weighted by Gasteiger charge is 2.09. The van der Waals surface area contributed by atoms with E-state index in [1.807, 2.05) is 41.9 Å². The van der Waals surface area contributed by atoms with Gasteiger partial charge in [0, 0.05) is 18.1 Å². The number of carbonyl (C=O) groups is 1. The van der Waals surface area contributed by atoms with E-state index in [1.165, 1.54) is 0 Å². The zero-order valence-electron chi connectivity index (χ0n) is 12.9. The van der Waals surface area contributed by atoms with Crippen molar-refractivity contribution in [3.8, 4) is 10.7 Å². The van der Waals surface area contributed by atoms with Crippen LogP contribution in [0.3, 0.4) is 0 Å². The van der Waals surface area contributed by atoms with Crippen molar-refractivity contribution in [2.75, 3.05) is 0 Å². The number of aryl methyl sites for hydroxylation is 1. The molecule has 0 spiro atoms. The van der Waals surface area contributed by atoms with Gasteiger partial charge in [-0.05, 0) is 12.0 Å². The van der Waals surface area contributed by atoms with Crippen LogP contribution in [-0.2, 0) is 24.3 Å². The first-order valence-electron chi connectivity index (χ1n) is 7.51. The van der Waals surface area contributed by atoms with Gasteiger partial charge in [-0.25, -0.2) is 9.97 Å². The standard InChI is InChI=1S/C17H18N4OS/c1-2-14-11-23-17(20-14)15-9-21(12-19-15)10-16(22)18-8-13-6-4-3-5-7-13/h3-7,9,11-12H,2,8,10H2,1H3,(H,18,22). The molecule has 3 aromatic rings. The minimum atomic E-state index is -0.0359. The summed E-state index contributed by atoms with van der Waals surface area (Å²) in [5.74, 6) is -0.0359. The van der Waals surface area contributed by atoms with Crippen molar-refractivity contribution in [3.05, 3.63) is 59.5 Å². The number of amides is 1. The maximum Gasteiger partial charge on any atom is 0.240 e. The van der Waals surface area contributed by atoms with E-state index in [9.17, 15) is 4.79 Å². The SMILES string of the molecule is CCc1csc(-c2cn(CC(=O)NCc3ccccc3)cn2)n1. The first-order valence-corrected chi connectivity index (χ1v) is 8.39. The Hall–Kier alpha value is -2.47. The third-order valence-electron chi connectivity index (χ3n) is 3.43. The quantitative estimate of drug-likeness (QED) is 0.758. The van der Waals surface area contributed by atoms with Crippen LogP contribution in [0, 0.1) is 0 Å². The number of nitrogens with one attached hydrogen (secondary N) is 1. The van der Waals surface area contributed by atoms with Crippen LogP contribution in [0.4, 0.5) is 0 Å². The van der Waals surface area contributed by atoms with Crippen molar-refractivity contribution >= 4 is 17.2 Å². The molecule has 0 unspecified atom stereocenters. The fourth-order valence-electron chi connectivity index (χ4n) is 2.16. The summed E-state index contributed by atoms with van der Waals surface area (Å²) in [6, 6.07) is 9.86. The molecule has 0 aliphatic rings. The maximum atomic E-state index is 12.0. The first kappa shape index (κ1) is 15.4. The van der Waals surface area contributed by atoms with E-state index in [2.05, 4.69) is 22.2 Å². The van der Waals surface area contributed by atoms with Gasteiger partial charge in [0.05, 0.1) is 12.0 Å². The summed E-state index contributed by atoms with van der Waals surface area (Å²) in [5.41, 5.74) is 2.97. The van der Waals surface area contributed by atoms with Crippen LogP contribution in [0.2, 0.25) is 0 Å². The number of thiazole rings is 1. The Labute approximate surface area is 139 Å². The van der Waals surface area contributed by atoms with Crippen LogP contribution in [-0.4, -0.2) is 20.4 Å². The second-order valence-corrected chi connectivity index (χ2v) is 6.05. The van der Waals surface area contributed by atoms with Crippen LogP contribution < -0.4 is 5.32 Å². The highest BCUT2D eigenvalue weighted by atomic mass is 32.1. The maximum absolute atomic E-state index is 12.0. The molecule has 1 N–H and O–H groups in total. The zero-order chi connectivity index (χ0) is 16.1. The molecule has 0 bridgehead atoms. The van der Waals surface area contributed by atoms with Crippen LogP contribution >= 0.6 is 11.3 Å². The van der Waals surface area contributed by atoms with Gasteiger partial charge in [-0.3, -0.25) is 4.79 Å². The Bertz CT molecular complexity index is 779. The zero-order valence-corrected chi connectivity index (χ0v) is 13.7. The number of nitrogens with zero attached hydrogens (tertiary/aromatic N) is 3. The lowest BCUT2D eigenvalue weighted by Gasteiger charge is -2.05. The molecule has 118 valence electrons. The second-order valence-electron chi connectivity index (χ2n) is 5.19. The van der Waals surface area contributed by atoms with Gasteiger partial charge in [0.2, 0.25) is 5.91 Å². The molecule has 0 saturated heterocycles. The van der Waals surface area contributed by atoms with Crippen LogP contribution in [0.25, 0.3) is 10.7 Å². The van der Waals surface area contributed by atoms with E-state index in [1.54, 1.807) is 22.2 Å². The fourth-order valence-corrected chi connectivity index (χ4v) is 3.03. The van der Waals surface area contributed by atoms with Crippen molar-refractivity contribution in [2.24, 2.45) is 0 Å². The summed E-state index contributed by atoms with van der Waals surface area (Å²) in [4.78, 5) is 20.9. The fraction of sp³-hybridized carbons (Fsp3) is 0.235. The average Bonchev–Trinajstić information content (AvgIpc) is 3.22. The number of carbonyl (C=O) groups excluding carboxylic acids is 1. The van der Waals surface area contributed by atoms with E-state index in [0.717, 1.165) is 28.4 Å². The molecule has 0 aliphatic carbocycles. The Balaban J connectivity index is 1.57. The first-order chi connectivity index (χ1) is 11.2. The smallest absolute Gasteiger partial charge is 0.240 e. The molecule has 1 amide bonds. The third kappa shape index (κ3) is 4.04. The Morgan fingerprint density at radius 3 is 2.87 bits per heavy atom.